The average molecular weight is 309 g/mol. The quantitative estimate of drug-likeness (QED) is 0.923. The molecule has 0 bridgehead atoms. The van der Waals surface area contributed by atoms with Gasteiger partial charge in [0.1, 0.15) is 0 Å². The lowest BCUT2D eigenvalue weighted by atomic mass is 10.0. The molecule has 1 N–H and O–H groups in total. The summed E-state index contributed by atoms with van der Waals surface area (Å²) in [5, 5.41) is 3.52. The van der Waals surface area contributed by atoms with Crippen molar-refractivity contribution in [2.45, 2.75) is 19.4 Å². The molecule has 2 heterocycles. The normalized spacial score (nSPS) is 29.4. The molecule has 2 aliphatic heterocycles. The summed E-state index contributed by atoms with van der Waals surface area (Å²) in [7, 11) is 0. The van der Waals surface area contributed by atoms with Crippen LogP contribution < -0.4 is 5.32 Å². The standard InChI is InChI=1S/C15H21BrN2/c1-2-15(11-4-3-5-14(16)6-11)18-9-12-7-17-8-13(12)10-18/h3-6,12-13,15,17H,2,7-10H2,1H3. The van der Waals surface area contributed by atoms with Crippen LogP contribution in [0.3, 0.4) is 0 Å². The van der Waals surface area contributed by atoms with Gasteiger partial charge in [-0.05, 0) is 49.0 Å². The van der Waals surface area contributed by atoms with Crippen LogP contribution >= 0.6 is 15.9 Å². The van der Waals surface area contributed by atoms with Crippen molar-refractivity contribution in [3.63, 3.8) is 0 Å². The van der Waals surface area contributed by atoms with E-state index < -0.39 is 0 Å². The first-order chi connectivity index (χ1) is 8.78. The second-order valence-corrected chi connectivity index (χ2v) is 6.53. The molecule has 3 rings (SSSR count). The highest BCUT2D eigenvalue weighted by molar-refractivity contribution is 9.10. The van der Waals surface area contributed by atoms with Gasteiger partial charge >= 0.3 is 0 Å². The maximum Gasteiger partial charge on any atom is 0.0346 e. The largest absolute Gasteiger partial charge is 0.316 e. The maximum atomic E-state index is 3.59. The number of hydrogen-bond acceptors (Lipinski definition) is 2. The molecule has 1 aromatic rings. The van der Waals surface area contributed by atoms with Gasteiger partial charge in [-0.2, -0.15) is 0 Å². The van der Waals surface area contributed by atoms with Crippen molar-refractivity contribution in [3.05, 3.63) is 34.3 Å². The first-order valence-electron chi connectivity index (χ1n) is 6.98. The minimum atomic E-state index is 0.591. The Morgan fingerprint density at radius 3 is 2.67 bits per heavy atom. The second kappa shape index (κ2) is 5.32. The van der Waals surface area contributed by atoms with E-state index >= 15 is 0 Å². The Labute approximate surface area is 118 Å². The molecule has 2 fully saturated rings. The van der Waals surface area contributed by atoms with Crippen LogP contribution in [-0.4, -0.2) is 31.1 Å². The van der Waals surface area contributed by atoms with Gasteiger partial charge in [0.2, 0.25) is 0 Å². The summed E-state index contributed by atoms with van der Waals surface area (Å²) in [6.45, 7) is 7.27. The molecule has 0 aliphatic carbocycles. The molecule has 0 spiro atoms. The first kappa shape index (κ1) is 12.6. The highest BCUT2D eigenvalue weighted by Gasteiger charge is 2.38. The Morgan fingerprint density at radius 1 is 1.33 bits per heavy atom. The van der Waals surface area contributed by atoms with Gasteiger partial charge in [0, 0.05) is 23.6 Å². The van der Waals surface area contributed by atoms with Gasteiger partial charge < -0.3 is 5.32 Å². The van der Waals surface area contributed by atoms with Crippen LogP contribution in [0.15, 0.2) is 28.7 Å². The van der Waals surface area contributed by atoms with Crippen molar-refractivity contribution < 1.29 is 0 Å². The van der Waals surface area contributed by atoms with Gasteiger partial charge in [-0.3, -0.25) is 4.90 Å². The molecule has 0 aromatic heterocycles. The van der Waals surface area contributed by atoms with E-state index in [0.717, 1.165) is 11.8 Å². The molecule has 2 nitrogen and oxygen atoms in total. The molecule has 0 radical (unpaired) electrons. The zero-order valence-electron chi connectivity index (χ0n) is 10.9. The van der Waals surface area contributed by atoms with Gasteiger partial charge in [0.25, 0.3) is 0 Å². The van der Waals surface area contributed by atoms with Crippen molar-refractivity contribution in [3.8, 4) is 0 Å². The number of rotatable bonds is 3. The van der Waals surface area contributed by atoms with Crippen molar-refractivity contribution in [2.75, 3.05) is 26.2 Å². The molecular formula is C15H21BrN2. The van der Waals surface area contributed by atoms with E-state index in [0.29, 0.717) is 6.04 Å². The Bertz CT molecular complexity index is 409. The molecule has 3 heteroatoms. The van der Waals surface area contributed by atoms with Crippen molar-refractivity contribution >= 4 is 15.9 Å². The Balaban J connectivity index is 1.77. The van der Waals surface area contributed by atoms with E-state index in [9.17, 15) is 0 Å². The number of nitrogens with one attached hydrogen (secondary N) is 1. The zero-order valence-corrected chi connectivity index (χ0v) is 12.5. The van der Waals surface area contributed by atoms with Gasteiger partial charge in [-0.1, -0.05) is 35.0 Å². The van der Waals surface area contributed by atoms with Crippen LogP contribution in [-0.2, 0) is 0 Å². The molecule has 98 valence electrons. The van der Waals surface area contributed by atoms with E-state index in [4.69, 9.17) is 0 Å². The fraction of sp³-hybridized carbons (Fsp3) is 0.600. The van der Waals surface area contributed by atoms with Crippen LogP contribution in [0.1, 0.15) is 24.9 Å². The molecule has 0 amide bonds. The van der Waals surface area contributed by atoms with Crippen LogP contribution in [0.2, 0.25) is 0 Å². The molecule has 0 saturated carbocycles. The summed E-state index contributed by atoms with van der Waals surface area (Å²) in [6.07, 6.45) is 1.20. The second-order valence-electron chi connectivity index (χ2n) is 5.61. The fourth-order valence-corrected chi connectivity index (χ4v) is 3.98. The number of nitrogens with zero attached hydrogens (tertiary/aromatic N) is 1. The lowest BCUT2D eigenvalue weighted by molar-refractivity contribution is 0.222. The van der Waals surface area contributed by atoms with Gasteiger partial charge in [-0.15, -0.1) is 0 Å². The number of likely N-dealkylation sites (tertiary alicyclic amines) is 1. The van der Waals surface area contributed by atoms with E-state index in [1.165, 1.54) is 42.6 Å². The third-order valence-corrected chi connectivity index (χ3v) is 4.97. The van der Waals surface area contributed by atoms with Gasteiger partial charge in [-0.25, -0.2) is 0 Å². The topological polar surface area (TPSA) is 15.3 Å². The van der Waals surface area contributed by atoms with E-state index in [1.54, 1.807) is 0 Å². The van der Waals surface area contributed by atoms with Crippen molar-refractivity contribution in [2.24, 2.45) is 11.8 Å². The molecule has 18 heavy (non-hydrogen) atoms. The summed E-state index contributed by atoms with van der Waals surface area (Å²) in [6, 6.07) is 9.40. The first-order valence-corrected chi connectivity index (χ1v) is 7.77. The van der Waals surface area contributed by atoms with Crippen molar-refractivity contribution in [1.29, 1.82) is 0 Å². The fourth-order valence-electron chi connectivity index (χ4n) is 3.56. The smallest absolute Gasteiger partial charge is 0.0346 e. The van der Waals surface area contributed by atoms with Crippen molar-refractivity contribution in [1.82, 2.24) is 10.2 Å². The summed E-state index contributed by atoms with van der Waals surface area (Å²) in [5.74, 6) is 1.76. The monoisotopic (exact) mass is 308 g/mol. The summed E-state index contributed by atoms with van der Waals surface area (Å²) >= 11 is 3.59. The molecule has 2 saturated heterocycles. The zero-order chi connectivity index (χ0) is 12.5. The third kappa shape index (κ3) is 2.36. The lowest BCUT2D eigenvalue weighted by Gasteiger charge is -2.28. The summed E-state index contributed by atoms with van der Waals surface area (Å²) in [4.78, 5) is 2.69. The molecule has 2 aliphatic rings. The van der Waals surface area contributed by atoms with Crippen LogP contribution in [0.4, 0.5) is 0 Å². The third-order valence-electron chi connectivity index (χ3n) is 4.48. The van der Waals surface area contributed by atoms with Gasteiger partial charge in [0.15, 0.2) is 0 Å². The molecular weight excluding hydrogens is 288 g/mol. The Kier molecular flexibility index (Phi) is 3.73. The van der Waals surface area contributed by atoms with E-state index in [1.807, 2.05) is 0 Å². The summed E-state index contributed by atoms with van der Waals surface area (Å²) in [5.41, 5.74) is 1.46. The Hall–Kier alpha value is -0.380. The highest BCUT2D eigenvalue weighted by Crippen LogP contribution is 2.35. The number of fused-ring (bicyclic) bond motifs is 1. The lowest BCUT2D eigenvalue weighted by Crippen LogP contribution is -2.29. The predicted octanol–water partition coefficient (Wildman–Crippen LogP) is 3.05. The molecule has 1 aromatic carbocycles. The minimum Gasteiger partial charge on any atom is -0.316 e. The van der Waals surface area contributed by atoms with Crippen LogP contribution in [0.5, 0.6) is 0 Å². The molecule has 3 atom stereocenters. The maximum absolute atomic E-state index is 3.59. The van der Waals surface area contributed by atoms with E-state index in [2.05, 4.69) is 57.3 Å². The van der Waals surface area contributed by atoms with Gasteiger partial charge in [0.05, 0.1) is 0 Å². The summed E-state index contributed by atoms with van der Waals surface area (Å²) < 4.78 is 1.19. The Morgan fingerprint density at radius 2 is 2.06 bits per heavy atom. The number of hydrogen-bond donors (Lipinski definition) is 1. The number of benzene rings is 1. The molecule has 3 unspecified atom stereocenters. The highest BCUT2D eigenvalue weighted by atomic mass is 79.9. The average Bonchev–Trinajstić information content (AvgIpc) is 2.91. The van der Waals surface area contributed by atoms with Crippen LogP contribution in [0.25, 0.3) is 0 Å². The van der Waals surface area contributed by atoms with Crippen LogP contribution in [0, 0.1) is 11.8 Å². The van der Waals surface area contributed by atoms with E-state index in [-0.39, 0.29) is 0 Å². The SMILES string of the molecule is CCC(c1cccc(Br)c1)N1CC2CNCC2C1. The minimum absolute atomic E-state index is 0.591. The predicted molar refractivity (Wildman–Crippen MR) is 78.6 cm³/mol. The number of halogens is 1.